The molecule has 4 heteroatoms. The van der Waals surface area contributed by atoms with Crippen molar-refractivity contribution < 1.29 is 9.53 Å². The van der Waals surface area contributed by atoms with Crippen LogP contribution in [0.25, 0.3) is 5.52 Å². The zero-order chi connectivity index (χ0) is 9.26. The lowest BCUT2D eigenvalue weighted by molar-refractivity contribution is 0.112. The van der Waals surface area contributed by atoms with Crippen molar-refractivity contribution in [3.63, 3.8) is 0 Å². The third-order valence-corrected chi connectivity index (χ3v) is 1.89. The van der Waals surface area contributed by atoms with Gasteiger partial charge in [-0.2, -0.15) is 0 Å². The summed E-state index contributed by atoms with van der Waals surface area (Å²) >= 11 is 0. The van der Waals surface area contributed by atoms with E-state index in [1.165, 1.54) is 0 Å². The Kier molecular flexibility index (Phi) is 1.73. The summed E-state index contributed by atoms with van der Waals surface area (Å²) in [6, 6.07) is 3.58. The largest absolute Gasteiger partial charge is 0.497 e. The van der Waals surface area contributed by atoms with Gasteiger partial charge in [0.1, 0.15) is 17.8 Å². The molecule has 0 fully saturated rings. The van der Waals surface area contributed by atoms with Crippen LogP contribution in [0.15, 0.2) is 24.7 Å². The number of rotatable bonds is 2. The molecule has 0 spiro atoms. The molecule has 2 aromatic rings. The summed E-state index contributed by atoms with van der Waals surface area (Å²) in [4.78, 5) is 14.5. The SMILES string of the molecule is COc1ccn2cnc(C=O)c2c1. The number of hydrogen-bond donors (Lipinski definition) is 0. The Hall–Kier alpha value is -1.84. The average molecular weight is 176 g/mol. The van der Waals surface area contributed by atoms with E-state index in [0.717, 1.165) is 17.6 Å². The van der Waals surface area contributed by atoms with Crippen molar-refractivity contribution in [3.05, 3.63) is 30.4 Å². The number of carbonyl (C=O) groups is 1. The van der Waals surface area contributed by atoms with Crippen molar-refractivity contribution in [2.75, 3.05) is 7.11 Å². The quantitative estimate of drug-likeness (QED) is 0.645. The maximum atomic E-state index is 10.6. The van der Waals surface area contributed by atoms with Gasteiger partial charge in [0.05, 0.1) is 12.6 Å². The fraction of sp³-hybridized carbons (Fsp3) is 0.111. The van der Waals surface area contributed by atoms with E-state index in [9.17, 15) is 4.79 Å². The minimum absolute atomic E-state index is 0.430. The van der Waals surface area contributed by atoms with Gasteiger partial charge in [-0.1, -0.05) is 0 Å². The number of aromatic nitrogens is 2. The van der Waals surface area contributed by atoms with Gasteiger partial charge in [0.25, 0.3) is 0 Å². The van der Waals surface area contributed by atoms with Gasteiger partial charge in [0.15, 0.2) is 6.29 Å². The number of fused-ring (bicyclic) bond motifs is 1. The van der Waals surface area contributed by atoms with Gasteiger partial charge in [-0.25, -0.2) is 4.98 Å². The molecule has 2 aromatic heterocycles. The van der Waals surface area contributed by atoms with Gasteiger partial charge in [0, 0.05) is 12.3 Å². The molecule has 13 heavy (non-hydrogen) atoms. The average Bonchev–Trinajstić information content (AvgIpc) is 2.59. The first-order valence-corrected chi connectivity index (χ1v) is 3.81. The highest BCUT2D eigenvalue weighted by atomic mass is 16.5. The topological polar surface area (TPSA) is 43.6 Å². The first-order chi connectivity index (χ1) is 6.35. The smallest absolute Gasteiger partial charge is 0.170 e. The second kappa shape index (κ2) is 2.90. The molecule has 0 radical (unpaired) electrons. The van der Waals surface area contributed by atoms with Crippen LogP contribution in [-0.2, 0) is 0 Å². The Morgan fingerprint density at radius 1 is 1.62 bits per heavy atom. The molecule has 0 bridgehead atoms. The molecule has 0 aliphatic heterocycles. The van der Waals surface area contributed by atoms with Crippen molar-refractivity contribution in [3.8, 4) is 5.75 Å². The molecule has 4 nitrogen and oxygen atoms in total. The number of carbonyl (C=O) groups excluding carboxylic acids is 1. The first kappa shape index (κ1) is 7.79. The molecule has 0 saturated carbocycles. The van der Waals surface area contributed by atoms with Crippen molar-refractivity contribution in [1.82, 2.24) is 9.38 Å². The lowest BCUT2D eigenvalue weighted by Crippen LogP contribution is -1.87. The van der Waals surface area contributed by atoms with Crippen molar-refractivity contribution >= 4 is 11.8 Å². The molecule has 0 aliphatic carbocycles. The minimum Gasteiger partial charge on any atom is -0.497 e. The highest BCUT2D eigenvalue weighted by molar-refractivity contribution is 5.83. The standard InChI is InChI=1S/C9H8N2O2/c1-13-7-2-3-11-6-10-8(5-12)9(11)4-7/h2-6H,1H3. The van der Waals surface area contributed by atoms with Gasteiger partial charge < -0.3 is 9.14 Å². The van der Waals surface area contributed by atoms with Gasteiger partial charge in [-0.3, -0.25) is 4.79 Å². The molecule has 2 heterocycles. The third kappa shape index (κ3) is 1.16. The Balaban J connectivity index is 2.71. The Labute approximate surface area is 74.8 Å². The molecule has 66 valence electrons. The van der Waals surface area contributed by atoms with Crippen molar-refractivity contribution in [2.24, 2.45) is 0 Å². The van der Waals surface area contributed by atoms with Gasteiger partial charge in [0.2, 0.25) is 0 Å². The van der Waals surface area contributed by atoms with Crippen LogP contribution in [0.4, 0.5) is 0 Å². The lowest BCUT2D eigenvalue weighted by atomic mass is 10.3. The Bertz CT molecular complexity index is 448. The zero-order valence-corrected chi connectivity index (χ0v) is 7.10. The normalized spacial score (nSPS) is 10.2. The number of ether oxygens (including phenoxy) is 1. The molecule has 0 unspecified atom stereocenters. The second-order valence-corrected chi connectivity index (χ2v) is 2.61. The van der Waals surface area contributed by atoms with Gasteiger partial charge in [-0.15, -0.1) is 0 Å². The first-order valence-electron chi connectivity index (χ1n) is 3.81. The van der Waals surface area contributed by atoms with Crippen LogP contribution < -0.4 is 4.74 Å². The zero-order valence-electron chi connectivity index (χ0n) is 7.10. The molecule has 0 N–H and O–H groups in total. The van der Waals surface area contributed by atoms with E-state index in [2.05, 4.69) is 4.98 Å². The summed E-state index contributed by atoms with van der Waals surface area (Å²) in [5.41, 5.74) is 1.19. The van der Waals surface area contributed by atoms with E-state index in [1.54, 1.807) is 30.1 Å². The molecule has 0 atom stereocenters. The number of imidazole rings is 1. The third-order valence-electron chi connectivity index (χ3n) is 1.89. The molecule has 0 saturated heterocycles. The summed E-state index contributed by atoms with van der Waals surface area (Å²) in [6.45, 7) is 0. The summed E-state index contributed by atoms with van der Waals surface area (Å²) in [6.07, 6.45) is 4.13. The van der Waals surface area contributed by atoms with E-state index >= 15 is 0 Å². The van der Waals surface area contributed by atoms with Crippen molar-refractivity contribution in [1.29, 1.82) is 0 Å². The summed E-state index contributed by atoms with van der Waals surface area (Å²) in [7, 11) is 1.59. The van der Waals surface area contributed by atoms with Crippen LogP contribution in [-0.4, -0.2) is 22.8 Å². The molecular formula is C9H8N2O2. The fourth-order valence-corrected chi connectivity index (χ4v) is 1.21. The number of nitrogens with zero attached hydrogens (tertiary/aromatic N) is 2. The molecule has 0 aromatic carbocycles. The highest BCUT2D eigenvalue weighted by Gasteiger charge is 2.03. The van der Waals surface area contributed by atoms with Gasteiger partial charge >= 0.3 is 0 Å². The molecule has 0 aliphatic rings. The molecular weight excluding hydrogens is 168 g/mol. The summed E-state index contributed by atoms with van der Waals surface area (Å²) in [5.74, 6) is 0.719. The summed E-state index contributed by atoms with van der Waals surface area (Å²) in [5, 5.41) is 0. The highest BCUT2D eigenvalue weighted by Crippen LogP contribution is 2.15. The maximum Gasteiger partial charge on any atom is 0.170 e. The van der Waals surface area contributed by atoms with E-state index < -0.39 is 0 Å². The Morgan fingerprint density at radius 3 is 3.15 bits per heavy atom. The number of pyridine rings is 1. The van der Waals surface area contributed by atoms with Crippen LogP contribution in [0.1, 0.15) is 10.5 Å². The van der Waals surface area contributed by atoms with Crippen LogP contribution in [0.5, 0.6) is 5.75 Å². The van der Waals surface area contributed by atoms with Crippen LogP contribution in [0.2, 0.25) is 0 Å². The van der Waals surface area contributed by atoms with E-state index in [4.69, 9.17) is 4.74 Å². The van der Waals surface area contributed by atoms with Gasteiger partial charge in [-0.05, 0) is 6.07 Å². The maximum absolute atomic E-state index is 10.6. The van der Waals surface area contributed by atoms with E-state index in [0.29, 0.717) is 5.69 Å². The van der Waals surface area contributed by atoms with E-state index in [-0.39, 0.29) is 0 Å². The number of aldehydes is 1. The fourth-order valence-electron chi connectivity index (χ4n) is 1.21. The minimum atomic E-state index is 0.430. The Morgan fingerprint density at radius 2 is 2.46 bits per heavy atom. The molecule has 0 amide bonds. The van der Waals surface area contributed by atoms with Crippen LogP contribution in [0, 0.1) is 0 Å². The van der Waals surface area contributed by atoms with Crippen LogP contribution >= 0.6 is 0 Å². The summed E-state index contributed by atoms with van der Waals surface area (Å²) < 4.78 is 6.80. The predicted octanol–water partition coefficient (Wildman–Crippen LogP) is 1.16. The van der Waals surface area contributed by atoms with E-state index in [1.807, 2.05) is 6.07 Å². The number of hydrogen-bond acceptors (Lipinski definition) is 3. The second-order valence-electron chi connectivity index (χ2n) is 2.61. The monoisotopic (exact) mass is 176 g/mol. The lowest BCUT2D eigenvalue weighted by Gasteiger charge is -1.99. The van der Waals surface area contributed by atoms with Crippen LogP contribution in [0.3, 0.4) is 0 Å². The number of methoxy groups -OCH3 is 1. The predicted molar refractivity (Wildman–Crippen MR) is 47.1 cm³/mol. The van der Waals surface area contributed by atoms with Crippen molar-refractivity contribution in [2.45, 2.75) is 0 Å². The molecule has 2 rings (SSSR count).